The monoisotopic (exact) mass is 393 g/mol. The molecule has 0 N–H and O–H groups in total. The maximum absolute atomic E-state index is 12.1. The Morgan fingerprint density at radius 2 is 1.61 bits per heavy atom. The predicted octanol–water partition coefficient (Wildman–Crippen LogP) is 4.72. The van der Waals surface area contributed by atoms with E-state index in [1.807, 2.05) is 24.3 Å². The molecule has 0 aliphatic rings. The minimum atomic E-state index is -0.0490. The maximum Gasteiger partial charge on any atom is 0.223 e. The Hall–Kier alpha value is -1.65. The molecule has 0 aliphatic carbocycles. The fourth-order valence-electron chi connectivity index (χ4n) is 2.14. The number of nitrogens with zero attached hydrogens (tertiary/aromatic N) is 1. The van der Waals surface area contributed by atoms with Crippen LogP contribution in [0.4, 0.5) is 0 Å². The molecule has 5 heteroatoms. The summed E-state index contributed by atoms with van der Waals surface area (Å²) >= 11 is 9.18. The lowest BCUT2D eigenvalue weighted by molar-refractivity contribution is -0.130. The van der Waals surface area contributed by atoms with Crippen LogP contribution in [0.25, 0.3) is 0 Å². The molecule has 0 aliphatic heterocycles. The zero-order chi connectivity index (χ0) is 16.8. The van der Waals surface area contributed by atoms with Crippen LogP contribution < -0.4 is 0 Å². The van der Waals surface area contributed by atoms with E-state index in [-0.39, 0.29) is 24.5 Å². The Kier molecular flexibility index (Phi) is 6.37. The normalized spacial score (nSPS) is 10.4. The molecule has 0 atom stereocenters. The van der Waals surface area contributed by atoms with Crippen LogP contribution in [0.5, 0.6) is 0 Å². The number of Topliss-reactive ketones (excluding diaryl/α,β-unsaturated/α-hetero) is 1. The summed E-state index contributed by atoms with van der Waals surface area (Å²) in [6.07, 6.45) is 0.402. The van der Waals surface area contributed by atoms with Crippen LogP contribution >= 0.6 is 27.5 Å². The van der Waals surface area contributed by atoms with Gasteiger partial charge in [0.1, 0.15) is 0 Å². The van der Waals surface area contributed by atoms with Gasteiger partial charge in [-0.3, -0.25) is 9.59 Å². The summed E-state index contributed by atoms with van der Waals surface area (Å²) < 4.78 is 1.00. The van der Waals surface area contributed by atoms with Crippen LogP contribution in [0.3, 0.4) is 0 Å². The lowest BCUT2D eigenvalue weighted by atomic mass is 10.1. The van der Waals surface area contributed by atoms with E-state index in [4.69, 9.17) is 11.6 Å². The average Bonchev–Trinajstić information content (AvgIpc) is 2.55. The lowest BCUT2D eigenvalue weighted by Crippen LogP contribution is -2.26. The molecule has 0 spiro atoms. The van der Waals surface area contributed by atoms with E-state index in [1.165, 1.54) is 0 Å². The average molecular weight is 395 g/mol. The van der Waals surface area contributed by atoms with Gasteiger partial charge >= 0.3 is 0 Å². The number of carbonyl (C=O) groups is 2. The number of hydrogen-bond acceptors (Lipinski definition) is 2. The van der Waals surface area contributed by atoms with Gasteiger partial charge in [-0.15, -0.1) is 0 Å². The highest BCUT2D eigenvalue weighted by molar-refractivity contribution is 9.10. The zero-order valence-corrected chi connectivity index (χ0v) is 15.1. The first kappa shape index (κ1) is 17.7. The maximum atomic E-state index is 12.1. The van der Waals surface area contributed by atoms with Crippen molar-refractivity contribution in [2.45, 2.75) is 19.4 Å². The Labute approximate surface area is 149 Å². The number of rotatable bonds is 6. The molecule has 0 aromatic heterocycles. The van der Waals surface area contributed by atoms with Crippen LogP contribution in [0.15, 0.2) is 53.0 Å². The molecule has 3 nitrogen and oxygen atoms in total. The molecular weight excluding hydrogens is 378 g/mol. The van der Waals surface area contributed by atoms with Crippen molar-refractivity contribution in [3.8, 4) is 0 Å². The number of hydrogen-bond donors (Lipinski definition) is 0. The topological polar surface area (TPSA) is 37.4 Å². The molecule has 0 heterocycles. The minimum absolute atomic E-state index is 0.0461. The van der Waals surface area contributed by atoms with Crippen molar-refractivity contribution in [3.05, 3.63) is 69.2 Å². The van der Waals surface area contributed by atoms with Crippen LogP contribution in [0.2, 0.25) is 5.02 Å². The summed E-state index contributed by atoms with van der Waals surface area (Å²) in [7, 11) is 1.75. The van der Waals surface area contributed by atoms with Gasteiger partial charge in [0.25, 0.3) is 0 Å². The van der Waals surface area contributed by atoms with Gasteiger partial charge in [0.2, 0.25) is 5.91 Å². The molecule has 2 aromatic rings. The summed E-state index contributed by atoms with van der Waals surface area (Å²) in [5.41, 5.74) is 1.63. The number of ketones is 1. The second-order valence-corrected chi connectivity index (χ2v) is 6.66. The van der Waals surface area contributed by atoms with Crippen molar-refractivity contribution in [2.24, 2.45) is 0 Å². The molecule has 0 bridgehead atoms. The smallest absolute Gasteiger partial charge is 0.223 e. The quantitative estimate of drug-likeness (QED) is 0.665. The highest BCUT2D eigenvalue weighted by Crippen LogP contribution is 2.14. The summed E-state index contributed by atoms with van der Waals surface area (Å²) in [5.74, 6) is -0.0951. The van der Waals surface area contributed by atoms with E-state index in [9.17, 15) is 9.59 Å². The molecule has 120 valence electrons. The number of carbonyl (C=O) groups excluding carboxylic acids is 2. The summed E-state index contributed by atoms with van der Waals surface area (Å²) in [5, 5.41) is 0.590. The second kappa shape index (κ2) is 8.27. The molecule has 2 aromatic carbocycles. The standard InChI is InChI=1S/C18H17BrClNO2/c1-21(12-13-2-6-15(19)7-3-13)18(23)11-10-17(22)14-4-8-16(20)9-5-14/h2-9H,10-12H2,1H3. The van der Waals surface area contributed by atoms with Crippen molar-refractivity contribution < 1.29 is 9.59 Å². The van der Waals surface area contributed by atoms with E-state index >= 15 is 0 Å². The van der Waals surface area contributed by atoms with Crippen molar-refractivity contribution in [2.75, 3.05) is 7.05 Å². The van der Waals surface area contributed by atoms with Gasteiger partial charge in [0, 0.05) is 41.5 Å². The highest BCUT2D eigenvalue weighted by atomic mass is 79.9. The third-order valence-corrected chi connectivity index (χ3v) is 4.27. The fourth-order valence-corrected chi connectivity index (χ4v) is 2.53. The van der Waals surface area contributed by atoms with E-state index in [1.54, 1.807) is 36.2 Å². The zero-order valence-electron chi connectivity index (χ0n) is 12.8. The summed E-state index contributed by atoms with van der Waals surface area (Å²) in [4.78, 5) is 25.8. The minimum Gasteiger partial charge on any atom is -0.341 e. The van der Waals surface area contributed by atoms with Gasteiger partial charge < -0.3 is 4.90 Å². The number of benzene rings is 2. The molecular formula is C18H17BrClNO2. The van der Waals surface area contributed by atoms with Gasteiger partial charge in [-0.1, -0.05) is 39.7 Å². The molecule has 23 heavy (non-hydrogen) atoms. The van der Waals surface area contributed by atoms with Gasteiger partial charge in [-0.2, -0.15) is 0 Å². The molecule has 0 fully saturated rings. The summed E-state index contributed by atoms with van der Waals surface area (Å²) in [6.45, 7) is 0.529. The molecule has 1 amide bonds. The van der Waals surface area contributed by atoms with E-state index < -0.39 is 0 Å². The van der Waals surface area contributed by atoms with Crippen LogP contribution in [-0.4, -0.2) is 23.6 Å². The van der Waals surface area contributed by atoms with Crippen molar-refractivity contribution >= 4 is 39.2 Å². The van der Waals surface area contributed by atoms with Crippen molar-refractivity contribution in [1.29, 1.82) is 0 Å². The Morgan fingerprint density at radius 3 is 2.22 bits per heavy atom. The molecule has 0 radical (unpaired) electrons. The third kappa shape index (κ3) is 5.48. The lowest BCUT2D eigenvalue weighted by Gasteiger charge is -2.17. The van der Waals surface area contributed by atoms with Crippen LogP contribution in [-0.2, 0) is 11.3 Å². The Bertz CT molecular complexity index is 683. The molecule has 0 saturated carbocycles. The van der Waals surface area contributed by atoms with Gasteiger partial charge in [0.15, 0.2) is 5.78 Å². The largest absolute Gasteiger partial charge is 0.341 e. The number of halogens is 2. The summed E-state index contributed by atoms with van der Waals surface area (Å²) in [6, 6.07) is 14.5. The van der Waals surface area contributed by atoms with Gasteiger partial charge in [0.05, 0.1) is 0 Å². The Morgan fingerprint density at radius 1 is 1.00 bits per heavy atom. The fraction of sp³-hybridized carbons (Fsp3) is 0.222. The second-order valence-electron chi connectivity index (χ2n) is 5.31. The van der Waals surface area contributed by atoms with Crippen molar-refractivity contribution in [3.63, 3.8) is 0 Å². The molecule has 0 saturated heterocycles. The number of amides is 1. The van der Waals surface area contributed by atoms with Crippen LogP contribution in [0.1, 0.15) is 28.8 Å². The first-order valence-electron chi connectivity index (χ1n) is 7.23. The van der Waals surface area contributed by atoms with Gasteiger partial charge in [-0.25, -0.2) is 0 Å². The first-order chi connectivity index (χ1) is 11.0. The van der Waals surface area contributed by atoms with E-state index in [2.05, 4.69) is 15.9 Å². The van der Waals surface area contributed by atoms with Crippen molar-refractivity contribution in [1.82, 2.24) is 4.90 Å². The van der Waals surface area contributed by atoms with Gasteiger partial charge in [-0.05, 0) is 42.0 Å². The predicted molar refractivity (Wildman–Crippen MR) is 95.6 cm³/mol. The van der Waals surface area contributed by atoms with E-state index in [0.717, 1.165) is 10.0 Å². The first-order valence-corrected chi connectivity index (χ1v) is 8.40. The SMILES string of the molecule is CN(Cc1ccc(Br)cc1)C(=O)CCC(=O)c1ccc(Cl)cc1. The van der Waals surface area contributed by atoms with Crippen LogP contribution in [0, 0.1) is 0 Å². The van der Waals surface area contributed by atoms with E-state index in [0.29, 0.717) is 17.1 Å². The third-order valence-electron chi connectivity index (χ3n) is 3.49. The molecule has 0 unspecified atom stereocenters. The highest BCUT2D eigenvalue weighted by Gasteiger charge is 2.13. The Balaban J connectivity index is 1.84. The molecule has 2 rings (SSSR count).